The molecule has 0 aliphatic heterocycles. The van der Waals surface area contributed by atoms with Crippen LogP contribution in [0, 0.1) is 0 Å². The van der Waals surface area contributed by atoms with Crippen LogP contribution in [0.15, 0.2) is 50.5 Å². The zero-order valence-corrected chi connectivity index (χ0v) is 14.9. The number of aromatic nitrogens is 1. The maximum atomic E-state index is 13.4. The minimum Gasteiger partial charge on any atom is -0.408 e. The monoisotopic (exact) mass is 415 g/mol. The van der Waals surface area contributed by atoms with E-state index in [0.717, 1.165) is 31.2 Å². The molecule has 0 bridgehead atoms. The van der Waals surface area contributed by atoms with Crippen molar-refractivity contribution < 1.29 is 30.8 Å². The lowest BCUT2D eigenvalue weighted by Gasteiger charge is -2.16. The van der Waals surface area contributed by atoms with Crippen LogP contribution < -0.4 is 15.8 Å². The van der Waals surface area contributed by atoms with E-state index >= 15 is 0 Å². The molecule has 3 N–H and O–H groups in total. The van der Waals surface area contributed by atoms with Gasteiger partial charge in [-0.15, -0.1) is 0 Å². The van der Waals surface area contributed by atoms with Gasteiger partial charge in [0.25, 0.3) is 10.0 Å². The van der Waals surface area contributed by atoms with Gasteiger partial charge in [0.1, 0.15) is 0 Å². The molecule has 0 spiro atoms. The normalized spacial score (nSPS) is 12.1. The maximum absolute atomic E-state index is 13.4. The van der Waals surface area contributed by atoms with E-state index in [9.17, 15) is 31.2 Å². The number of carbonyl (C=O) groups excluding carboxylic acids is 1. The predicted molar refractivity (Wildman–Crippen MR) is 93.4 cm³/mol. The Morgan fingerprint density at radius 2 is 1.86 bits per heavy atom. The number of alkyl halides is 3. The molecule has 0 fully saturated rings. The van der Waals surface area contributed by atoms with Gasteiger partial charge in [0.05, 0.1) is 21.7 Å². The highest BCUT2D eigenvalue weighted by molar-refractivity contribution is 7.92. The lowest BCUT2D eigenvalue weighted by atomic mass is 10.1. The van der Waals surface area contributed by atoms with Crippen LogP contribution in [0.1, 0.15) is 12.5 Å². The van der Waals surface area contributed by atoms with Crippen molar-refractivity contribution in [2.45, 2.75) is 18.0 Å². The summed E-state index contributed by atoms with van der Waals surface area (Å²) in [7, 11) is -4.43. The third kappa shape index (κ3) is 4.01. The van der Waals surface area contributed by atoms with E-state index in [1.54, 1.807) is 0 Å². The molecule has 28 heavy (non-hydrogen) atoms. The topological polar surface area (TPSA) is 121 Å². The molecule has 1 heterocycles. The molecular weight excluding hydrogens is 403 g/mol. The van der Waals surface area contributed by atoms with Crippen LogP contribution >= 0.6 is 0 Å². The second-order valence-corrected chi connectivity index (χ2v) is 7.40. The molecule has 0 aliphatic carbocycles. The number of halogens is 3. The van der Waals surface area contributed by atoms with E-state index in [2.05, 4.69) is 10.3 Å². The smallest absolute Gasteiger partial charge is 0.408 e. The second-order valence-electron chi connectivity index (χ2n) is 5.72. The van der Waals surface area contributed by atoms with Crippen LogP contribution in [-0.2, 0) is 21.0 Å². The number of amides is 1. The van der Waals surface area contributed by atoms with Gasteiger partial charge in [-0.25, -0.2) is 13.2 Å². The number of H-pyrrole nitrogens is 1. The zero-order valence-electron chi connectivity index (χ0n) is 14.0. The number of hydrogen-bond donors (Lipinski definition) is 3. The number of sulfonamides is 1. The molecule has 0 atom stereocenters. The Kier molecular flexibility index (Phi) is 4.67. The minimum absolute atomic E-state index is 0.0649. The quantitative estimate of drug-likeness (QED) is 0.605. The highest BCUT2D eigenvalue weighted by Gasteiger charge is 2.35. The van der Waals surface area contributed by atoms with E-state index in [0.29, 0.717) is 6.07 Å². The molecule has 0 saturated carbocycles. The third-order valence-corrected chi connectivity index (χ3v) is 4.96. The Labute approximate surface area is 155 Å². The lowest BCUT2D eigenvalue weighted by molar-refractivity contribution is -0.136. The number of aromatic amines is 1. The largest absolute Gasteiger partial charge is 0.418 e. The Morgan fingerprint density at radius 1 is 1.14 bits per heavy atom. The Bertz CT molecular complexity index is 1230. The average molecular weight is 415 g/mol. The van der Waals surface area contributed by atoms with Gasteiger partial charge in [-0.05, 0) is 30.3 Å². The molecule has 0 saturated heterocycles. The molecule has 3 aromatic rings. The molecule has 2 aromatic carbocycles. The fraction of sp³-hybridized carbons (Fsp3) is 0.125. The summed E-state index contributed by atoms with van der Waals surface area (Å²) in [5.41, 5.74) is -1.98. The highest BCUT2D eigenvalue weighted by atomic mass is 32.2. The number of anilines is 2. The van der Waals surface area contributed by atoms with Crippen LogP contribution in [0.3, 0.4) is 0 Å². The van der Waals surface area contributed by atoms with E-state index in [1.165, 1.54) is 6.07 Å². The summed E-state index contributed by atoms with van der Waals surface area (Å²) in [5.74, 6) is -1.38. The Morgan fingerprint density at radius 3 is 2.50 bits per heavy atom. The zero-order chi connectivity index (χ0) is 20.7. The van der Waals surface area contributed by atoms with Crippen molar-refractivity contribution in [1.29, 1.82) is 0 Å². The van der Waals surface area contributed by atoms with Gasteiger partial charge >= 0.3 is 11.9 Å². The summed E-state index contributed by atoms with van der Waals surface area (Å²) in [4.78, 5) is 24.1. The Balaban J connectivity index is 2.02. The first kappa shape index (κ1) is 19.5. The maximum Gasteiger partial charge on any atom is 0.418 e. The fourth-order valence-corrected chi connectivity index (χ4v) is 3.54. The van der Waals surface area contributed by atoms with Crippen molar-refractivity contribution in [3.63, 3.8) is 0 Å². The number of oxazole rings is 1. The molecule has 8 nitrogen and oxygen atoms in total. The van der Waals surface area contributed by atoms with Crippen LogP contribution in [0.2, 0.25) is 0 Å². The van der Waals surface area contributed by atoms with E-state index in [-0.39, 0.29) is 16.8 Å². The standard InChI is InChI=1S/C16H12F3N3O5S/c1-8(23)20-9-2-4-12(11(6-9)16(17,18)19)22-28(25,26)10-3-5-13-14(7-10)27-15(24)21-13/h2-7,22H,1H3,(H,20,23)(H,21,24). The molecule has 0 aliphatic rings. The number of carbonyl (C=O) groups is 1. The molecule has 0 radical (unpaired) electrons. The summed E-state index contributed by atoms with van der Waals surface area (Å²) in [6, 6.07) is 6.00. The first-order valence-electron chi connectivity index (χ1n) is 7.60. The number of hydrogen-bond acceptors (Lipinski definition) is 5. The molecule has 1 amide bonds. The van der Waals surface area contributed by atoms with Crippen molar-refractivity contribution >= 4 is 38.4 Å². The van der Waals surface area contributed by atoms with Crippen LogP contribution in [-0.4, -0.2) is 19.3 Å². The van der Waals surface area contributed by atoms with Crippen LogP contribution in [0.4, 0.5) is 24.5 Å². The lowest BCUT2D eigenvalue weighted by Crippen LogP contribution is -2.18. The second kappa shape index (κ2) is 6.71. The predicted octanol–water partition coefficient (Wildman–Crippen LogP) is 2.90. The van der Waals surface area contributed by atoms with Gasteiger partial charge in [0, 0.05) is 18.7 Å². The first-order valence-corrected chi connectivity index (χ1v) is 9.08. The number of benzene rings is 2. The Hall–Kier alpha value is -3.28. The van der Waals surface area contributed by atoms with Crippen molar-refractivity contribution in [3.8, 4) is 0 Å². The van der Waals surface area contributed by atoms with Crippen molar-refractivity contribution in [2.75, 3.05) is 10.0 Å². The number of fused-ring (bicyclic) bond motifs is 1. The van der Waals surface area contributed by atoms with Gasteiger partial charge in [0.15, 0.2) is 5.58 Å². The summed E-state index contributed by atoms with van der Waals surface area (Å²) in [6.45, 7) is 1.12. The molecule has 0 unspecified atom stereocenters. The summed E-state index contributed by atoms with van der Waals surface area (Å²) in [5, 5.41) is 2.20. The van der Waals surface area contributed by atoms with E-state index < -0.39 is 44.0 Å². The van der Waals surface area contributed by atoms with E-state index in [4.69, 9.17) is 4.42 Å². The van der Waals surface area contributed by atoms with Gasteiger partial charge in [-0.1, -0.05) is 0 Å². The first-order chi connectivity index (χ1) is 13.0. The fourth-order valence-electron chi connectivity index (χ4n) is 2.45. The summed E-state index contributed by atoms with van der Waals surface area (Å²) < 4.78 is 71.7. The number of nitrogens with one attached hydrogen (secondary N) is 3. The minimum atomic E-state index is -4.89. The summed E-state index contributed by atoms with van der Waals surface area (Å²) >= 11 is 0. The van der Waals surface area contributed by atoms with Crippen molar-refractivity contribution in [2.24, 2.45) is 0 Å². The van der Waals surface area contributed by atoms with Crippen LogP contribution in [0.5, 0.6) is 0 Å². The highest BCUT2D eigenvalue weighted by Crippen LogP contribution is 2.37. The summed E-state index contributed by atoms with van der Waals surface area (Å²) in [6.07, 6.45) is -4.89. The van der Waals surface area contributed by atoms with Crippen molar-refractivity contribution in [1.82, 2.24) is 4.98 Å². The molecule has 12 heteroatoms. The van der Waals surface area contributed by atoms with Gasteiger partial charge in [-0.2, -0.15) is 13.2 Å². The van der Waals surface area contributed by atoms with Gasteiger partial charge in [-0.3, -0.25) is 14.5 Å². The van der Waals surface area contributed by atoms with Crippen LogP contribution in [0.25, 0.3) is 11.1 Å². The average Bonchev–Trinajstić information content (AvgIpc) is 2.93. The number of rotatable bonds is 4. The van der Waals surface area contributed by atoms with Crippen molar-refractivity contribution in [3.05, 3.63) is 52.5 Å². The molecule has 148 valence electrons. The molecule has 1 aromatic heterocycles. The molecule has 3 rings (SSSR count). The van der Waals surface area contributed by atoms with E-state index in [1.807, 2.05) is 4.72 Å². The molecular formula is C16H12F3N3O5S. The van der Waals surface area contributed by atoms with Gasteiger partial charge < -0.3 is 9.73 Å². The van der Waals surface area contributed by atoms with Gasteiger partial charge in [0.2, 0.25) is 5.91 Å². The SMILES string of the molecule is CC(=O)Nc1ccc(NS(=O)(=O)c2ccc3[nH]c(=O)oc3c2)c(C(F)(F)F)c1. The third-order valence-electron chi connectivity index (χ3n) is 3.59.